The Labute approximate surface area is 155 Å². The molecule has 7 heteroatoms. The third kappa shape index (κ3) is 3.72. The highest BCUT2D eigenvalue weighted by atomic mass is 16.6. The van der Waals surface area contributed by atoms with Gasteiger partial charge in [-0.3, -0.25) is 0 Å². The maximum Gasteiger partial charge on any atom is 0.347 e. The van der Waals surface area contributed by atoms with Gasteiger partial charge in [0.25, 0.3) is 0 Å². The fraction of sp³-hybridized carbons (Fsp3) is 0.200. The Kier molecular flexibility index (Phi) is 6.07. The van der Waals surface area contributed by atoms with Gasteiger partial charge < -0.3 is 14.2 Å². The average Bonchev–Trinajstić information content (AvgIpc) is 3.13. The first kappa shape index (κ1) is 19.8. The molecule has 0 unspecified atom stereocenters. The molecule has 2 aliphatic heterocycles. The van der Waals surface area contributed by atoms with Gasteiger partial charge in [-0.1, -0.05) is 27.7 Å². The molecule has 7 nitrogen and oxygen atoms in total. The van der Waals surface area contributed by atoms with Gasteiger partial charge in [0.1, 0.15) is 11.5 Å². The van der Waals surface area contributed by atoms with Crippen molar-refractivity contribution in [2.45, 2.75) is 27.7 Å². The molecule has 27 heavy (non-hydrogen) atoms. The van der Waals surface area contributed by atoms with Crippen molar-refractivity contribution in [1.82, 2.24) is 0 Å². The smallest absolute Gasteiger partial charge is 0.347 e. The van der Waals surface area contributed by atoms with Crippen LogP contribution in [0.15, 0.2) is 36.4 Å². The first-order valence-corrected chi connectivity index (χ1v) is 8.52. The molecule has 2 heterocycles. The lowest BCUT2D eigenvalue weighted by molar-refractivity contribution is 0.0425. The van der Waals surface area contributed by atoms with Gasteiger partial charge in [-0.2, -0.15) is 0 Å². The van der Waals surface area contributed by atoms with Crippen molar-refractivity contribution in [2.75, 3.05) is 0 Å². The van der Waals surface area contributed by atoms with Crippen molar-refractivity contribution in [3.05, 3.63) is 58.7 Å². The van der Waals surface area contributed by atoms with E-state index in [2.05, 4.69) is 9.47 Å². The minimum absolute atomic E-state index is 0.114. The Hall–Kier alpha value is -3.48. The Bertz CT molecular complexity index is 852. The Morgan fingerprint density at radius 1 is 0.556 bits per heavy atom. The summed E-state index contributed by atoms with van der Waals surface area (Å²) in [7, 11) is 0. The fourth-order valence-electron chi connectivity index (χ4n) is 2.39. The van der Waals surface area contributed by atoms with E-state index in [0.29, 0.717) is 0 Å². The molecule has 140 valence electrons. The fourth-order valence-corrected chi connectivity index (χ4v) is 2.39. The summed E-state index contributed by atoms with van der Waals surface area (Å²) in [5, 5.41) is 0. The zero-order valence-corrected chi connectivity index (χ0v) is 15.3. The van der Waals surface area contributed by atoms with Gasteiger partial charge >= 0.3 is 23.9 Å². The van der Waals surface area contributed by atoms with Gasteiger partial charge in [0.2, 0.25) is 0 Å². The summed E-state index contributed by atoms with van der Waals surface area (Å²) < 4.78 is 14.5. The van der Waals surface area contributed by atoms with Crippen LogP contribution in [0.1, 0.15) is 69.1 Å². The molecule has 0 bridgehead atoms. The van der Waals surface area contributed by atoms with Crippen LogP contribution in [-0.2, 0) is 9.47 Å². The highest BCUT2D eigenvalue weighted by molar-refractivity contribution is 6.15. The molecular weight excluding hydrogens is 352 g/mol. The molecule has 2 aromatic carbocycles. The SMILES string of the molecule is CC.CC.O=C1OC(=O)c2cc(Oc3ccc4c(c3)C(=O)OC4=O)ccc21. The highest BCUT2D eigenvalue weighted by Crippen LogP contribution is 2.30. The van der Waals surface area contributed by atoms with E-state index < -0.39 is 23.9 Å². The molecule has 0 fully saturated rings. The van der Waals surface area contributed by atoms with E-state index in [1.54, 1.807) is 0 Å². The maximum atomic E-state index is 11.5. The third-order valence-electron chi connectivity index (χ3n) is 3.47. The largest absolute Gasteiger partial charge is 0.457 e. The molecule has 0 atom stereocenters. The first-order chi connectivity index (χ1) is 13.0. The highest BCUT2D eigenvalue weighted by Gasteiger charge is 2.31. The molecule has 4 rings (SSSR count). The quantitative estimate of drug-likeness (QED) is 0.578. The van der Waals surface area contributed by atoms with Crippen LogP contribution in [0.25, 0.3) is 0 Å². The van der Waals surface area contributed by atoms with E-state index in [9.17, 15) is 19.2 Å². The summed E-state index contributed by atoms with van der Waals surface area (Å²) >= 11 is 0. The number of carbonyl (C=O) groups is 4. The van der Waals surface area contributed by atoms with Crippen LogP contribution in [0.5, 0.6) is 11.5 Å². The van der Waals surface area contributed by atoms with Crippen LogP contribution in [0.4, 0.5) is 0 Å². The van der Waals surface area contributed by atoms with Crippen molar-refractivity contribution in [1.29, 1.82) is 0 Å². The molecule has 0 aromatic heterocycles. The molecule has 0 spiro atoms. The zero-order valence-electron chi connectivity index (χ0n) is 15.3. The standard InChI is InChI=1S/C16H6O7.2C2H6/c17-13-9-3-1-7(5-11(9)15(19)22-13)21-8-2-4-10-12(6-8)16(20)23-14(10)18;2*1-2/h1-6H;2*1-2H3. The van der Waals surface area contributed by atoms with Crippen molar-refractivity contribution >= 4 is 23.9 Å². The molecule has 0 saturated heterocycles. The van der Waals surface area contributed by atoms with E-state index in [0.717, 1.165) is 0 Å². The van der Waals surface area contributed by atoms with Gasteiger partial charge in [-0.05, 0) is 36.4 Å². The number of rotatable bonds is 2. The van der Waals surface area contributed by atoms with Gasteiger partial charge in [0.05, 0.1) is 22.3 Å². The summed E-state index contributed by atoms with van der Waals surface area (Å²) in [6.45, 7) is 8.00. The summed E-state index contributed by atoms with van der Waals surface area (Å²) in [5.74, 6) is -2.30. The number of benzene rings is 2. The molecule has 2 aromatic rings. The number of ether oxygens (including phenoxy) is 3. The van der Waals surface area contributed by atoms with Crippen LogP contribution >= 0.6 is 0 Å². The maximum absolute atomic E-state index is 11.5. The normalized spacial score (nSPS) is 13.3. The van der Waals surface area contributed by atoms with Crippen molar-refractivity contribution in [3.63, 3.8) is 0 Å². The van der Waals surface area contributed by atoms with Crippen LogP contribution in [0.2, 0.25) is 0 Å². The number of carbonyl (C=O) groups excluding carboxylic acids is 4. The second kappa shape index (κ2) is 8.27. The number of esters is 4. The van der Waals surface area contributed by atoms with Gasteiger partial charge in [-0.15, -0.1) is 0 Å². The van der Waals surface area contributed by atoms with Crippen LogP contribution in [-0.4, -0.2) is 23.9 Å². The predicted octanol–water partition coefficient (Wildman–Crippen LogP) is 4.15. The van der Waals surface area contributed by atoms with Gasteiger partial charge in [-0.25, -0.2) is 19.2 Å². The van der Waals surface area contributed by atoms with Crippen LogP contribution < -0.4 is 4.74 Å². The van der Waals surface area contributed by atoms with Crippen LogP contribution in [0, 0.1) is 0 Å². The van der Waals surface area contributed by atoms with E-state index in [1.807, 2.05) is 27.7 Å². The summed E-state index contributed by atoms with van der Waals surface area (Å²) in [5.41, 5.74) is 0.572. The Morgan fingerprint density at radius 3 is 1.26 bits per heavy atom. The molecule has 0 saturated carbocycles. The lowest BCUT2D eigenvalue weighted by atomic mass is 10.1. The minimum Gasteiger partial charge on any atom is -0.457 e. The topological polar surface area (TPSA) is 96.0 Å². The lowest BCUT2D eigenvalue weighted by Gasteiger charge is -2.06. The van der Waals surface area contributed by atoms with Crippen molar-refractivity contribution in [3.8, 4) is 11.5 Å². The second-order valence-corrected chi connectivity index (χ2v) is 4.87. The van der Waals surface area contributed by atoms with E-state index in [-0.39, 0.29) is 33.8 Å². The molecule has 0 amide bonds. The van der Waals surface area contributed by atoms with E-state index >= 15 is 0 Å². The summed E-state index contributed by atoms with van der Waals surface area (Å²) in [6.07, 6.45) is 0. The lowest BCUT2D eigenvalue weighted by Crippen LogP contribution is -1.97. The minimum atomic E-state index is -0.737. The molecular formula is C20H18O7. The van der Waals surface area contributed by atoms with Crippen LogP contribution in [0.3, 0.4) is 0 Å². The number of fused-ring (bicyclic) bond motifs is 2. The molecule has 2 aliphatic rings. The Morgan fingerprint density at radius 2 is 0.889 bits per heavy atom. The second-order valence-electron chi connectivity index (χ2n) is 4.87. The van der Waals surface area contributed by atoms with E-state index in [4.69, 9.17) is 4.74 Å². The number of hydrogen-bond donors (Lipinski definition) is 0. The van der Waals surface area contributed by atoms with Crippen molar-refractivity contribution < 1.29 is 33.4 Å². The number of cyclic esters (lactones) is 4. The van der Waals surface area contributed by atoms with Gasteiger partial charge in [0, 0.05) is 0 Å². The third-order valence-corrected chi connectivity index (χ3v) is 3.47. The van der Waals surface area contributed by atoms with Crippen molar-refractivity contribution in [2.24, 2.45) is 0 Å². The Balaban J connectivity index is 0.000000614. The molecule has 0 radical (unpaired) electrons. The summed E-state index contributed by atoms with van der Waals surface area (Å²) in [4.78, 5) is 45.8. The number of hydrogen-bond acceptors (Lipinski definition) is 7. The first-order valence-electron chi connectivity index (χ1n) is 8.52. The molecule has 0 aliphatic carbocycles. The summed E-state index contributed by atoms with van der Waals surface area (Å²) in [6, 6.07) is 8.58. The monoisotopic (exact) mass is 370 g/mol. The zero-order chi connectivity index (χ0) is 20.1. The average molecular weight is 370 g/mol. The predicted molar refractivity (Wildman–Crippen MR) is 95.1 cm³/mol. The van der Waals surface area contributed by atoms with E-state index in [1.165, 1.54) is 36.4 Å². The van der Waals surface area contributed by atoms with Gasteiger partial charge in [0.15, 0.2) is 0 Å². The molecule has 0 N–H and O–H groups in total.